The monoisotopic (exact) mass is 370 g/mol. The number of benzene rings is 2. The van der Waals surface area contributed by atoms with Crippen LogP contribution in [0.2, 0.25) is 0 Å². The Bertz CT molecular complexity index is 977. The van der Waals surface area contributed by atoms with Gasteiger partial charge in [-0.25, -0.2) is 0 Å². The molecule has 0 spiro atoms. The lowest BCUT2D eigenvalue weighted by molar-refractivity contribution is 0.0205. The summed E-state index contributed by atoms with van der Waals surface area (Å²) >= 11 is 0. The molecule has 27 heavy (non-hydrogen) atoms. The van der Waals surface area contributed by atoms with E-state index in [0.717, 1.165) is 5.57 Å². The van der Waals surface area contributed by atoms with E-state index in [1.165, 1.54) is 24.3 Å². The number of hydrogen-bond donors (Lipinski definition) is 4. The van der Waals surface area contributed by atoms with E-state index in [1.807, 2.05) is 13.0 Å². The maximum atomic E-state index is 12.8. The molecule has 0 unspecified atom stereocenters. The zero-order chi connectivity index (χ0) is 19.3. The Kier molecular flexibility index (Phi) is 3.96. The lowest BCUT2D eigenvalue weighted by Crippen LogP contribution is -2.36. The molecule has 4 N–H and O–H groups in total. The fourth-order valence-electron chi connectivity index (χ4n) is 3.32. The van der Waals surface area contributed by atoms with Crippen LogP contribution < -0.4 is 9.47 Å². The molecule has 0 fully saturated rings. The molecule has 0 bridgehead atoms. The molecule has 2 aromatic rings. The number of allylic oxidation sites excluding steroid dienone is 1. The van der Waals surface area contributed by atoms with Gasteiger partial charge in [0.2, 0.25) is 5.78 Å². The summed E-state index contributed by atoms with van der Waals surface area (Å²) in [6, 6.07) is 5.28. The van der Waals surface area contributed by atoms with E-state index in [1.54, 1.807) is 0 Å². The zero-order valence-electron chi connectivity index (χ0n) is 14.5. The first-order chi connectivity index (χ1) is 12.9. The van der Waals surface area contributed by atoms with Crippen molar-refractivity contribution in [2.24, 2.45) is 0 Å². The predicted molar refractivity (Wildman–Crippen MR) is 94.5 cm³/mol. The standard InChI is InChI=1S/C20H18O7/c1-9-2-4-11-15(26-8-9)7-14(23)16-17(24)18(25)19(27-20(11)16)10-3-5-12(21)13(22)6-10/h2-3,5-7,18-19,21-23,25H,4,8H2,1H3/t18-,19+/m0/s1. The number of hydrogen-bond acceptors (Lipinski definition) is 7. The molecular weight excluding hydrogens is 352 g/mol. The van der Waals surface area contributed by atoms with Crippen molar-refractivity contribution in [1.29, 1.82) is 0 Å². The van der Waals surface area contributed by atoms with Crippen molar-refractivity contribution in [3.63, 3.8) is 0 Å². The zero-order valence-corrected chi connectivity index (χ0v) is 14.5. The fourth-order valence-corrected chi connectivity index (χ4v) is 3.32. The van der Waals surface area contributed by atoms with Crippen LogP contribution in [0.3, 0.4) is 0 Å². The molecule has 0 saturated heterocycles. The molecule has 2 atom stereocenters. The predicted octanol–water partition coefficient (Wildman–Crippen LogP) is 2.36. The van der Waals surface area contributed by atoms with Gasteiger partial charge >= 0.3 is 0 Å². The van der Waals surface area contributed by atoms with Crippen molar-refractivity contribution in [1.82, 2.24) is 0 Å². The van der Waals surface area contributed by atoms with Crippen molar-refractivity contribution in [3.05, 3.63) is 52.6 Å². The molecule has 2 aromatic carbocycles. The van der Waals surface area contributed by atoms with Gasteiger partial charge in [-0.2, -0.15) is 0 Å². The van der Waals surface area contributed by atoms with E-state index in [4.69, 9.17) is 9.47 Å². The number of carbonyl (C=O) groups excluding carboxylic acids is 1. The summed E-state index contributed by atoms with van der Waals surface area (Å²) in [4.78, 5) is 12.8. The van der Waals surface area contributed by atoms with Gasteiger partial charge < -0.3 is 29.9 Å². The molecular formula is C20H18O7. The van der Waals surface area contributed by atoms with Gasteiger partial charge in [0.1, 0.15) is 29.4 Å². The van der Waals surface area contributed by atoms with Gasteiger partial charge in [0.05, 0.1) is 0 Å². The highest BCUT2D eigenvalue weighted by Crippen LogP contribution is 2.47. The second-order valence-corrected chi connectivity index (χ2v) is 6.72. The first-order valence-electron chi connectivity index (χ1n) is 8.45. The highest BCUT2D eigenvalue weighted by molar-refractivity contribution is 6.06. The first-order valence-corrected chi connectivity index (χ1v) is 8.45. The molecule has 7 heteroatoms. The van der Waals surface area contributed by atoms with Gasteiger partial charge in [-0.1, -0.05) is 12.1 Å². The Morgan fingerprint density at radius 3 is 2.59 bits per heavy atom. The summed E-state index contributed by atoms with van der Waals surface area (Å²) in [5.41, 5.74) is 1.83. The van der Waals surface area contributed by atoms with Crippen molar-refractivity contribution in [3.8, 4) is 28.7 Å². The third-order valence-electron chi connectivity index (χ3n) is 4.81. The van der Waals surface area contributed by atoms with Gasteiger partial charge in [-0.3, -0.25) is 4.79 Å². The van der Waals surface area contributed by atoms with Gasteiger partial charge in [-0.15, -0.1) is 0 Å². The molecule has 0 aromatic heterocycles. The van der Waals surface area contributed by atoms with Crippen LogP contribution in [0.25, 0.3) is 0 Å². The highest BCUT2D eigenvalue weighted by atomic mass is 16.5. The van der Waals surface area contributed by atoms with E-state index < -0.39 is 23.7 Å². The molecule has 2 aliphatic heterocycles. The highest BCUT2D eigenvalue weighted by Gasteiger charge is 2.41. The van der Waals surface area contributed by atoms with Gasteiger partial charge in [0.25, 0.3) is 0 Å². The number of phenolic OH excluding ortho intramolecular Hbond substituents is 3. The van der Waals surface area contributed by atoms with E-state index >= 15 is 0 Å². The molecule has 0 radical (unpaired) electrons. The quantitative estimate of drug-likeness (QED) is 0.450. The minimum absolute atomic E-state index is 0.0861. The molecule has 0 saturated carbocycles. The van der Waals surface area contributed by atoms with Crippen molar-refractivity contribution >= 4 is 5.78 Å². The smallest absolute Gasteiger partial charge is 0.202 e. The molecule has 2 heterocycles. The number of Topliss-reactive ketones (excluding diaryl/α,β-unsaturated/α-hetero) is 1. The number of aliphatic hydroxyl groups excluding tert-OH is 1. The Morgan fingerprint density at radius 1 is 1.07 bits per heavy atom. The Morgan fingerprint density at radius 2 is 1.85 bits per heavy atom. The van der Waals surface area contributed by atoms with E-state index in [2.05, 4.69) is 0 Å². The molecule has 140 valence electrons. The number of aromatic hydroxyl groups is 3. The SMILES string of the molecule is CC1=CCc2c(cc(O)c3c2O[C@H](c2ccc(O)c(O)c2)[C@@H](O)C3=O)OC1. The molecule has 7 nitrogen and oxygen atoms in total. The van der Waals surface area contributed by atoms with Crippen molar-refractivity contribution < 1.29 is 34.7 Å². The average Bonchev–Trinajstić information content (AvgIpc) is 2.82. The summed E-state index contributed by atoms with van der Waals surface area (Å²) in [5, 5.41) is 40.0. The minimum atomic E-state index is -1.57. The van der Waals surface area contributed by atoms with E-state index in [9.17, 15) is 25.2 Å². The lowest BCUT2D eigenvalue weighted by Gasteiger charge is -2.32. The van der Waals surface area contributed by atoms with Crippen LogP contribution in [-0.4, -0.2) is 38.9 Å². The molecule has 2 aliphatic rings. The normalized spacial score (nSPS) is 21.3. The first kappa shape index (κ1) is 17.2. The second-order valence-electron chi connectivity index (χ2n) is 6.72. The third-order valence-corrected chi connectivity index (χ3v) is 4.81. The van der Waals surface area contributed by atoms with Gasteiger partial charge in [-0.05, 0) is 36.6 Å². The summed E-state index contributed by atoms with van der Waals surface area (Å²) in [6.07, 6.45) is -0.283. The molecule has 0 amide bonds. The van der Waals surface area contributed by atoms with Crippen LogP contribution in [0, 0.1) is 0 Å². The molecule has 4 rings (SSSR count). The number of carbonyl (C=O) groups is 1. The number of rotatable bonds is 1. The second kappa shape index (κ2) is 6.21. The van der Waals surface area contributed by atoms with Crippen LogP contribution in [0.15, 0.2) is 35.9 Å². The summed E-state index contributed by atoms with van der Waals surface area (Å²) in [5.74, 6) is -1.15. The topological polar surface area (TPSA) is 116 Å². The number of phenols is 3. The summed E-state index contributed by atoms with van der Waals surface area (Å²) in [7, 11) is 0. The van der Waals surface area contributed by atoms with Crippen LogP contribution in [0.5, 0.6) is 28.7 Å². The number of aliphatic hydroxyl groups is 1. The largest absolute Gasteiger partial charge is 0.507 e. The van der Waals surface area contributed by atoms with Gasteiger partial charge in [0, 0.05) is 11.6 Å². The van der Waals surface area contributed by atoms with Crippen molar-refractivity contribution in [2.75, 3.05) is 6.61 Å². The maximum absolute atomic E-state index is 12.8. The van der Waals surface area contributed by atoms with Crippen LogP contribution in [-0.2, 0) is 6.42 Å². The fraction of sp³-hybridized carbons (Fsp3) is 0.250. The van der Waals surface area contributed by atoms with Crippen molar-refractivity contribution in [2.45, 2.75) is 25.6 Å². The van der Waals surface area contributed by atoms with Crippen LogP contribution in [0.4, 0.5) is 0 Å². The minimum Gasteiger partial charge on any atom is -0.507 e. The van der Waals surface area contributed by atoms with Crippen LogP contribution in [0.1, 0.15) is 34.5 Å². The third kappa shape index (κ3) is 2.76. The molecule has 0 aliphatic carbocycles. The summed E-state index contributed by atoms with van der Waals surface area (Å²) < 4.78 is 11.6. The van der Waals surface area contributed by atoms with Crippen LogP contribution >= 0.6 is 0 Å². The Hall–Kier alpha value is -3.19. The number of ether oxygens (including phenoxy) is 2. The average molecular weight is 370 g/mol. The Labute approximate surface area is 154 Å². The summed E-state index contributed by atoms with van der Waals surface area (Å²) in [6.45, 7) is 2.27. The van der Waals surface area contributed by atoms with E-state index in [0.29, 0.717) is 29.9 Å². The number of fused-ring (bicyclic) bond motifs is 3. The van der Waals surface area contributed by atoms with Gasteiger partial charge in [0.15, 0.2) is 23.7 Å². The maximum Gasteiger partial charge on any atom is 0.202 e. The Balaban J connectivity index is 1.85. The van der Waals surface area contributed by atoms with E-state index in [-0.39, 0.29) is 22.8 Å². The lowest BCUT2D eigenvalue weighted by atomic mass is 9.90. The number of ketones is 1.